The fraction of sp³-hybridized carbons (Fsp3) is 0.613. The molecular formula is C31H36ClN3O5S. The number of nitrogens with one attached hydrogen (secondary N) is 1. The molecule has 6 unspecified atom stereocenters. The van der Waals surface area contributed by atoms with Gasteiger partial charge in [-0.3, -0.25) is 9.59 Å². The predicted octanol–water partition coefficient (Wildman–Crippen LogP) is 5.44. The quantitative estimate of drug-likeness (QED) is 0.423. The van der Waals surface area contributed by atoms with E-state index in [0.717, 1.165) is 43.2 Å². The number of halogens is 1. The molecule has 10 heteroatoms. The third-order valence-electron chi connectivity index (χ3n) is 10.9. The van der Waals surface area contributed by atoms with Crippen molar-refractivity contribution < 1.29 is 24.2 Å². The maximum Gasteiger partial charge on any atom is 0.178 e. The Balaban J connectivity index is 1.21. The second-order valence-electron chi connectivity index (χ2n) is 12.9. The Morgan fingerprint density at radius 2 is 2.17 bits per heavy atom. The summed E-state index contributed by atoms with van der Waals surface area (Å²) >= 11 is 7.43. The average Bonchev–Trinajstić information content (AvgIpc) is 3.57. The molecule has 2 aromatic rings. The van der Waals surface area contributed by atoms with Gasteiger partial charge in [0.2, 0.25) is 0 Å². The van der Waals surface area contributed by atoms with Gasteiger partial charge in [-0.05, 0) is 62.2 Å². The highest BCUT2D eigenvalue weighted by molar-refractivity contribution is 7.99. The number of fused-ring (bicyclic) bond motifs is 8. The SMILES string of the molecule is CCCC1O[C@@H]2CC3C4CCC5=CC(=O)C=CC5(C)C4[C@@H](O)CC3(C)[C@]2(C(=O)CSc2nc3ncc(Cl)cc3[nH]2)O1. The fourth-order valence-corrected chi connectivity index (χ4v) is 10.1. The van der Waals surface area contributed by atoms with Crippen LogP contribution in [0.1, 0.15) is 59.3 Å². The topological polar surface area (TPSA) is 114 Å². The number of aromatic nitrogens is 3. The molecule has 218 valence electrons. The van der Waals surface area contributed by atoms with Crippen molar-refractivity contribution in [3.8, 4) is 0 Å². The van der Waals surface area contributed by atoms with Gasteiger partial charge in [0.15, 0.2) is 34.3 Å². The summed E-state index contributed by atoms with van der Waals surface area (Å²) in [5.74, 6) is 0.490. The molecule has 41 heavy (non-hydrogen) atoms. The molecule has 0 radical (unpaired) electrons. The maximum absolute atomic E-state index is 14.5. The van der Waals surface area contributed by atoms with Crippen molar-refractivity contribution in [3.05, 3.63) is 41.1 Å². The molecule has 4 aliphatic carbocycles. The van der Waals surface area contributed by atoms with Crippen LogP contribution in [0.25, 0.3) is 11.2 Å². The first-order valence-corrected chi connectivity index (χ1v) is 16.1. The average molecular weight is 598 g/mol. The molecule has 2 N–H and O–H groups in total. The first-order valence-electron chi connectivity index (χ1n) is 14.7. The van der Waals surface area contributed by atoms with Gasteiger partial charge in [-0.25, -0.2) is 9.97 Å². The molecule has 0 spiro atoms. The van der Waals surface area contributed by atoms with Gasteiger partial charge in [-0.2, -0.15) is 0 Å². The lowest BCUT2D eigenvalue weighted by Crippen LogP contribution is -2.63. The Kier molecular flexibility index (Phi) is 6.60. The highest BCUT2D eigenvalue weighted by atomic mass is 35.5. The van der Waals surface area contributed by atoms with Gasteiger partial charge in [0.25, 0.3) is 0 Å². The molecule has 0 bridgehead atoms. The molecule has 3 saturated carbocycles. The summed E-state index contributed by atoms with van der Waals surface area (Å²) in [5, 5.41) is 13.0. The number of allylic oxidation sites excluding steroid dienone is 4. The van der Waals surface area contributed by atoms with Crippen LogP contribution < -0.4 is 0 Å². The van der Waals surface area contributed by atoms with Crippen molar-refractivity contribution in [1.29, 1.82) is 0 Å². The van der Waals surface area contributed by atoms with E-state index in [1.54, 1.807) is 24.4 Å². The zero-order valence-corrected chi connectivity index (χ0v) is 25.1. The fourth-order valence-electron chi connectivity index (χ4n) is 9.17. The van der Waals surface area contributed by atoms with Gasteiger partial charge < -0.3 is 19.6 Å². The number of thioether (sulfide) groups is 1. The molecule has 4 fully saturated rings. The van der Waals surface area contributed by atoms with Crippen molar-refractivity contribution in [3.63, 3.8) is 0 Å². The number of aliphatic hydroxyl groups excluding tert-OH is 1. The maximum atomic E-state index is 14.5. The first-order chi connectivity index (χ1) is 19.6. The largest absolute Gasteiger partial charge is 0.393 e. The van der Waals surface area contributed by atoms with E-state index in [1.165, 1.54) is 11.8 Å². The van der Waals surface area contributed by atoms with E-state index in [2.05, 4.69) is 35.7 Å². The van der Waals surface area contributed by atoms with Crippen LogP contribution >= 0.6 is 23.4 Å². The number of ether oxygens (including phenoxy) is 2. The Morgan fingerprint density at radius 3 is 2.98 bits per heavy atom. The van der Waals surface area contributed by atoms with E-state index < -0.39 is 23.4 Å². The minimum absolute atomic E-state index is 0.0148. The monoisotopic (exact) mass is 597 g/mol. The molecule has 2 aromatic heterocycles. The van der Waals surface area contributed by atoms with Crippen LogP contribution in [0.2, 0.25) is 5.02 Å². The minimum Gasteiger partial charge on any atom is -0.393 e. The second-order valence-corrected chi connectivity index (χ2v) is 14.3. The van der Waals surface area contributed by atoms with Crippen LogP contribution in [0.15, 0.2) is 41.2 Å². The van der Waals surface area contributed by atoms with E-state index in [0.29, 0.717) is 22.2 Å². The van der Waals surface area contributed by atoms with Crippen LogP contribution in [0.4, 0.5) is 0 Å². The molecule has 8 nitrogen and oxygen atoms in total. The number of Topliss-reactive ketones (excluding diaryl/α,β-unsaturated/α-hetero) is 1. The minimum atomic E-state index is -1.14. The number of H-pyrrole nitrogens is 1. The summed E-state index contributed by atoms with van der Waals surface area (Å²) < 4.78 is 13.3. The highest BCUT2D eigenvalue weighted by Crippen LogP contribution is 2.69. The zero-order chi connectivity index (χ0) is 28.7. The van der Waals surface area contributed by atoms with Crippen LogP contribution in [-0.2, 0) is 19.1 Å². The van der Waals surface area contributed by atoms with Crippen molar-refractivity contribution in [2.45, 2.75) is 88.6 Å². The Morgan fingerprint density at radius 1 is 1.34 bits per heavy atom. The number of carbonyl (C=O) groups is 2. The second kappa shape index (κ2) is 9.74. The van der Waals surface area contributed by atoms with Gasteiger partial charge in [0.05, 0.1) is 28.5 Å². The number of aromatic amines is 1. The van der Waals surface area contributed by atoms with Crippen molar-refractivity contribution in [1.82, 2.24) is 15.0 Å². The number of nitrogens with zero attached hydrogens (tertiary/aromatic N) is 2. The number of hydrogen-bond acceptors (Lipinski definition) is 8. The van der Waals surface area contributed by atoms with Crippen molar-refractivity contribution in [2.24, 2.45) is 28.6 Å². The summed E-state index contributed by atoms with van der Waals surface area (Å²) in [4.78, 5) is 38.7. The molecular weight excluding hydrogens is 562 g/mol. The zero-order valence-electron chi connectivity index (χ0n) is 23.6. The number of pyridine rings is 1. The van der Waals surface area contributed by atoms with Crippen LogP contribution in [0.5, 0.6) is 0 Å². The number of imidazole rings is 1. The number of ketones is 2. The van der Waals surface area contributed by atoms with E-state index in [-0.39, 0.29) is 46.6 Å². The van der Waals surface area contributed by atoms with Gasteiger partial charge in [-0.15, -0.1) is 0 Å². The molecule has 5 aliphatic rings. The summed E-state index contributed by atoms with van der Waals surface area (Å²) in [5.41, 5.74) is 0.292. The Bertz CT molecular complexity index is 1490. The molecule has 0 aromatic carbocycles. The molecule has 1 aliphatic heterocycles. The van der Waals surface area contributed by atoms with E-state index in [9.17, 15) is 14.7 Å². The van der Waals surface area contributed by atoms with E-state index in [4.69, 9.17) is 21.1 Å². The standard InChI is InChI=1S/C31H36ClN3O5S/c1-4-5-25-39-24-12-20-19-7-6-16-10-18(36)8-9-29(16,2)26(19)22(37)13-30(20,3)31(24,40-25)23(38)15-41-28-34-21-11-17(32)14-33-27(21)35-28/h8-11,14,19-20,22,24-26,37H,4-7,12-13,15H2,1-3H3,(H,33,34,35)/t19?,20?,22-,24+,25?,26?,29?,30?,31+/m0/s1. The smallest absolute Gasteiger partial charge is 0.178 e. The summed E-state index contributed by atoms with van der Waals surface area (Å²) in [6.45, 7) is 6.40. The molecule has 7 rings (SSSR count). The number of aliphatic hydroxyl groups is 1. The Hall–Kier alpha value is -2.04. The number of carbonyl (C=O) groups excluding carboxylic acids is 2. The third kappa shape index (κ3) is 3.99. The summed E-state index contributed by atoms with van der Waals surface area (Å²) in [6, 6.07) is 1.77. The Labute approximate surface area is 248 Å². The van der Waals surface area contributed by atoms with E-state index >= 15 is 0 Å². The van der Waals surface area contributed by atoms with E-state index in [1.807, 2.05) is 6.08 Å². The van der Waals surface area contributed by atoms with Gasteiger partial charge in [-0.1, -0.05) is 62.2 Å². The third-order valence-corrected chi connectivity index (χ3v) is 11.9. The van der Waals surface area contributed by atoms with Crippen LogP contribution in [-0.4, -0.2) is 61.5 Å². The van der Waals surface area contributed by atoms with Crippen molar-refractivity contribution in [2.75, 3.05) is 5.75 Å². The van der Waals surface area contributed by atoms with Gasteiger partial charge in [0.1, 0.15) is 0 Å². The van der Waals surface area contributed by atoms with Crippen LogP contribution in [0.3, 0.4) is 0 Å². The molecule has 1 saturated heterocycles. The highest BCUT2D eigenvalue weighted by Gasteiger charge is 2.75. The molecule has 3 heterocycles. The molecule has 9 atom stereocenters. The summed E-state index contributed by atoms with van der Waals surface area (Å²) in [7, 11) is 0. The lowest BCUT2D eigenvalue weighted by atomic mass is 9.46. The molecule has 0 amide bonds. The van der Waals surface area contributed by atoms with Crippen molar-refractivity contribution >= 4 is 46.1 Å². The van der Waals surface area contributed by atoms with Gasteiger partial charge in [0, 0.05) is 22.9 Å². The summed E-state index contributed by atoms with van der Waals surface area (Å²) in [6.07, 6.45) is 10.0. The van der Waals surface area contributed by atoms with Gasteiger partial charge >= 0.3 is 0 Å². The lowest BCUT2D eigenvalue weighted by Gasteiger charge is -2.59. The normalized spacial score (nSPS) is 41.1. The lowest BCUT2D eigenvalue weighted by molar-refractivity contribution is -0.197. The van der Waals surface area contributed by atoms with Crippen LogP contribution in [0, 0.1) is 28.6 Å². The first kappa shape index (κ1) is 27.8. The number of hydrogen-bond donors (Lipinski definition) is 2. The number of rotatable bonds is 6. The predicted molar refractivity (Wildman–Crippen MR) is 155 cm³/mol.